The maximum absolute atomic E-state index is 12.7. The summed E-state index contributed by atoms with van der Waals surface area (Å²) in [4.78, 5) is 14.1. The van der Waals surface area contributed by atoms with Gasteiger partial charge in [0.2, 0.25) is 5.82 Å². The van der Waals surface area contributed by atoms with Gasteiger partial charge in [0, 0.05) is 13.1 Å². The third kappa shape index (κ3) is 2.35. The van der Waals surface area contributed by atoms with E-state index in [0.717, 1.165) is 4.57 Å². The highest BCUT2D eigenvalue weighted by molar-refractivity contribution is 7.12. The summed E-state index contributed by atoms with van der Waals surface area (Å²) in [6.45, 7) is 0.151. The number of nitrogens with two attached hydrogens (primary N) is 1. The van der Waals surface area contributed by atoms with E-state index in [-0.39, 0.29) is 31.4 Å². The molecule has 1 amide bonds. The molecule has 0 unspecified atom stereocenters. The monoisotopic (exact) mass is 317 g/mol. The summed E-state index contributed by atoms with van der Waals surface area (Å²) >= 11 is 1.20. The van der Waals surface area contributed by atoms with Crippen molar-refractivity contribution in [2.75, 3.05) is 12.3 Å². The molecule has 2 N–H and O–H groups in total. The van der Waals surface area contributed by atoms with Crippen molar-refractivity contribution in [1.82, 2.24) is 19.7 Å². The Labute approximate surface area is 121 Å². The number of thiophene rings is 1. The zero-order valence-electron chi connectivity index (χ0n) is 10.6. The Kier molecular flexibility index (Phi) is 3.12. The Morgan fingerprint density at radius 3 is 2.71 bits per heavy atom. The first-order valence-corrected chi connectivity index (χ1v) is 6.87. The van der Waals surface area contributed by atoms with Crippen LogP contribution >= 0.6 is 11.3 Å². The molecular weight excluding hydrogens is 307 g/mol. The summed E-state index contributed by atoms with van der Waals surface area (Å²) in [6, 6.07) is 1.62. The van der Waals surface area contributed by atoms with Crippen LogP contribution in [0.4, 0.5) is 18.9 Å². The van der Waals surface area contributed by atoms with Crippen LogP contribution < -0.4 is 5.73 Å². The van der Waals surface area contributed by atoms with Gasteiger partial charge in [-0.1, -0.05) is 0 Å². The van der Waals surface area contributed by atoms with E-state index in [9.17, 15) is 18.0 Å². The van der Waals surface area contributed by atoms with E-state index in [0.29, 0.717) is 10.6 Å². The van der Waals surface area contributed by atoms with E-state index in [4.69, 9.17) is 5.73 Å². The van der Waals surface area contributed by atoms with Crippen LogP contribution in [0.1, 0.15) is 21.3 Å². The van der Waals surface area contributed by atoms with Crippen molar-refractivity contribution in [3.63, 3.8) is 0 Å². The number of anilines is 1. The molecular formula is C11H10F3N5OS. The van der Waals surface area contributed by atoms with Gasteiger partial charge in [0.05, 0.1) is 12.2 Å². The first kappa shape index (κ1) is 13.9. The summed E-state index contributed by atoms with van der Waals surface area (Å²) in [5.41, 5.74) is 6.05. The van der Waals surface area contributed by atoms with Crippen molar-refractivity contribution in [1.29, 1.82) is 0 Å². The van der Waals surface area contributed by atoms with Gasteiger partial charge in [-0.2, -0.15) is 13.2 Å². The molecule has 0 aliphatic carbocycles. The van der Waals surface area contributed by atoms with Crippen LogP contribution in [0.25, 0.3) is 0 Å². The Morgan fingerprint density at radius 2 is 2.10 bits per heavy atom. The number of nitrogen functional groups attached to an aromatic ring is 1. The standard InChI is InChI=1S/C11H10F3N5OS/c12-11(13,14)10-17-16-7-5-18(2-3-19(7)10)9(20)8-6(15)1-4-21-8/h1,4H,2-3,5,15H2. The van der Waals surface area contributed by atoms with Crippen molar-refractivity contribution in [2.45, 2.75) is 19.3 Å². The van der Waals surface area contributed by atoms with Gasteiger partial charge < -0.3 is 15.2 Å². The summed E-state index contributed by atoms with van der Waals surface area (Å²) in [5, 5.41) is 8.39. The summed E-state index contributed by atoms with van der Waals surface area (Å²) in [5.74, 6) is -1.21. The normalized spacial score (nSPS) is 15.1. The predicted molar refractivity (Wildman–Crippen MR) is 68.5 cm³/mol. The number of aromatic nitrogens is 3. The summed E-state index contributed by atoms with van der Waals surface area (Å²) in [6.07, 6.45) is -4.55. The molecule has 10 heteroatoms. The lowest BCUT2D eigenvalue weighted by Gasteiger charge is -2.27. The van der Waals surface area contributed by atoms with Crippen molar-refractivity contribution in [3.05, 3.63) is 28.0 Å². The molecule has 3 heterocycles. The molecule has 2 aromatic heterocycles. The number of amides is 1. The van der Waals surface area contributed by atoms with E-state index in [1.807, 2.05) is 0 Å². The Bertz CT molecular complexity index is 692. The molecule has 21 heavy (non-hydrogen) atoms. The smallest absolute Gasteiger partial charge is 0.397 e. The van der Waals surface area contributed by atoms with Gasteiger partial charge >= 0.3 is 6.18 Å². The molecule has 0 saturated carbocycles. The number of hydrogen-bond acceptors (Lipinski definition) is 5. The minimum absolute atomic E-state index is 0.00813. The lowest BCUT2D eigenvalue weighted by molar-refractivity contribution is -0.147. The van der Waals surface area contributed by atoms with Gasteiger partial charge in [0.1, 0.15) is 4.88 Å². The second kappa shape index (κ2) is 4.72. The number of hydrogen-bond donors (Lipinski definition) is 1. The van der Waals surface area contributed by atoms with Gasteiger partial charge in [-0.15, -0.1) is 21.5 Å². The zero-order chi connectivity index (χ0) is 15.2. The molecule has 1 aliphatic rings. The first-order chi connectivity index (χ1) is 9.88. The average Bonchev–Trinajstić information content (AvgIpc) is 3.02. The number of carbonyl (C=O) groups excluding carboxylic acids is 1. The molecule has 1 aliphatic heterocycles. The van der Waals surface area contributed by atoms with Crippen molar-refractivity contribution in [3.8, 4) is 0 Å². The van der Waals surface area contributed by atoms with Gasteiger partial charge in [-0.25, -0.2) is 0 Å². The second-order valence-corrected chi connectivity index (χ2v) is 5.44. The van der Waals surface area contributed by atoms with E-state index < -0.39 is 12.0 Å². The van der Waals surface area contributed by atoms with Crippen LogP contribution in [0.3, 0.4) is 0 Å². The molecule has 2 aromatic rings. The van der Waals surface area contributed by atoms with Gasteiger partial charge in [-0.3, -0.25) is 4.79 Å². The maximum Gasteiger partial charge on any atom is 0.451 e. The van der Waals surface area contributed by atoms with Gasteiger partial charge in [0.15, 0.2) is 5.82 Å². The fourth-order valence-corrected chi connectivity index (χ4v) is 2.96. The van der Waals surface area contributed by atoms with Crippen LogP contribution in [0, 0.1) is 0 Å². The minimum atomic E-state index is -4.55. The Balaban J connectivity index is 1.84. The fourth-order valence-electron chi connectivity index (χ4n) is 2.18. The van der Waals surface area contributed by atoms with Gasteiger partial charge in [-0.05, 0) is 11.4 Å². The van der Waals surface area contributed by atoms with Crippen molar-refractivity contribution in [2.24, 2.45) is 0 Å². The average molecular weight is 317 g/mol. The fraction of sp³-hybridized carbons (Fsp3) is 0.364. The van der Waals surface area contributed by atoms with Crippen LogP contribution in [-0.4, -0.2) is 32.1 Å². The molecule has 6 nitrogen and oxygen atoms in total. The quantitative estimate of drug-likeness (QED) is 0.866. The Morgan fingerprint density at radius 1 is 1.33 bits per heavy atom. The SMILES string of the molecule is Nc1ccsc1C(=O)N1CCn2c(nnc2C(F)(F)F)C1. The Hall–Kier alpha value is -2.10. The molecule has 112 valence electrons. The van der Waals surface area contributed by atoms with E-state index in [1.165, 1.54) is 16.2 Å². The third-order valence-corrected chi connectivity index (χ3v) is 4.10. The summed E-state index contributed by atoms with van der Waals surface area (Å²) < 4.78 is 39.2. The lowest BCUT2D eigenvalue weighted by atomic mass is 10.3. The predicted octanol–water partition coefficient (Wildman–Crippen LogP) is 1.60. The first-order valence-electron chi connectivity index (χ1n) is 5.99. The highest BCUT2D eigenvalue weighted by Gasteiger charge is 2.40. The second-order valence-electron chi connectivity index (χ2n) is 4.52. The molecule has 0 fully saturated rings. The highest BCUT2D eigenvalue weighted by atomic mass is 32.1. The molecule has 0 bridgehead atoms. The molecule has 0 atom stereocenters. The maximum atomic E-state index is 12.7. The zero-order valence-corrected chi connectivity index (χ0v) is 11.4. The number of fused-ring (bicyclic) bond motifs is 1. The largest absolute Gasteiger partial charge is 0.451 e. The third-order valence-electron chi connectivity index (χ3n) is 3.18. The highest BCUT2D eigenvalue weighted by Crippen LogP contribution is 2.30. The number of alkyl halides is 3. The van der Waals surface area contributed by atoms with Crippen molar-refractivity contribution >= 4 is 22.9 Å². The molecule has 0 aromatic carbocycles. The topological polar surface area (TPSA) is 77.0 Å². The van der Waals surface area contributed by atoms with Crippen molar-refractivity contribution < 1.29 is 18.0 Å². The minimum Gasteiger partial charge on any atom is -0.397 e. The van der Waals surface area contributed by atoms with E-state index in [1.54, 1.807) is 11.4 Å². The molecule has 3 rings (SSSR count). The lowest BCUT2D eigenvalue weighted by Crippen LogP contribution is -2.39. The number of nitrogens with zero attached hydrogens (tertiary/aromatic N) is 4. The summed E-state index contributed by atoms with van der Waals surface area (Å²) in [7, 11) is 0. The number of rotatable bonds is 1. The van der Waals surface area contributed by atoms with Gasteiger partial charge in [0.25, 0.3) is 5.91 Å². The van der Waals surface area contributed by atoms with Crippen LogP contribution in [-0.2, 0) is 19.3 Å². The van der Waals surface area contributed by atoms with Crippen LogP contribution in [0.5, 0.6) is 0 Å². The molecule has 0 spiro atoms. The van der Waals surface area contributed by atoms with Crippen LogP contribution in [0.2, 0.25) is 0 Å². The van der Waals surface area contributed by atoms with Crippen LogP contribution in [0.15, 0.2) is 11.4 Å². The number of carbonyl (C=O) groups is 1. The molecule has 0 radical (unpaired) electrons. The number of halogens is 3. The van der Waals surface area contributed by atoms with E-state index >= 15 is 0 Å². The molecule has 0 saturated heterocycles. The van der Waals surface area contributed by atoms with E-state index in [2.05, 4.69) is 10.2 Å².